The van der Waals surface area contributed by atoms with Gasteiger partial charge in [0.2, 0.25) is 0 Å². The Labute approximate surface area is 111 Å². The summed E-state index contributed by atoms with van der Waals surface area (Å²) in [6, 6.07) is 0.482. The van der Waals surface area contributed by atoms with Crippen molar-refractivity contribution in [2.45, 2.75) is 52.0 Å². The maximum Gasteiger partial charge on any atom is 0.191 e. The molecule has 2 aliphatic rings. The van der Waals surface area contributed by atoms with Gasteiger partial charge in [-0.2, -0.15) is 0 Å². The molecule has 18 heavy (non-hydrogen) atoms. The van der Waals surface area contributed by atoms with E-state index in [4.69, 9.17) is 4.74 Å². The van der Waals surface area contributed by atoms with Crippen molar-refractivity contribution in [2.24, 2.45) is 10.4 Å². The molecule has 0 bridgehead atoms. The number of ether oxygens (including phenoxy) is 1. The largest absolute Gasteiger partial charge is 0.382 e. The van der Waals surface area contributed by atoms with Gasteiger partial charge in [-0.1, -0.05) is 12.8 Å². The van der Waals surface area contributed by atoms with Gasteiger partial charge in [-0.05, 0) is 38.5 Å². The monoisotopic (exact) mass is 253 g/mol. The topological polar surface area (TPSA) is 45.6 Å². The van der Waals surface area contributed by atoms with Crippen LogP contribution in [0.15, 0.2) is 4.99 Å². The molecule has 0 spiro atoms. The number of aliphatic imine (C=N–C) groups is 1. The first-order valence-electron chi connectivity index (χ1n) is 7.37. The minimum absolute atomic E-state index is 0.436. The lowest BCUT2D eigenvalue weighted by Gasteiger charge is -2.29. The fraction of sp³-hybridized carbons (Fsp3) is 0.929. The molecule has 4 nitrogen and oxygen atoms in total. The Balaban J connectivity index is 1.78. The third kappa shape index (κ3) is 3.61. The summed E-state index contributed by atoms with van der Waals surface area (Å²) in [5.41, 5.74) is 0.436. The Kier molecular flexibility index (Phi) is 4.87. The van der Waals surface area contributed by atoms with Crippen LogP contribution in [0.5, 0.6) is 0 Å². The summed E-state index contributed by atoms with van der Waals surface area (Å²) in [6.07, 6.45) is 6.57. The van der Waals surface area contributed by atoms with Crippen LogP contribution in [0.1, 0.15) is 46.0 Å². The van der Waals surface area contributed by atoms with Gasteiger partial charge in [-0.25, -0.2) is 0 Å². The predicted octanol–water partition coefficient (Wildman–Crippen LogP) is 1.91. The first-order valence-corrected chi connectivity index (χ1v) is 7.37. The summed E-state index contributed by atoms with van der Waals surface area (Å²) in [5.74, 6) is 0.991. The molecule has 1 atom stereocenters. The molecule has 0 saturated heterocycles. The number of rotatable bonds is 6. The molecular weight excluding hydrogens is 226 g/mol. The zero-order chi connectivity index (χ0) is 12.8. The molecule has 0 aromatic rings. The first-order chi connectivity index (χ1) is 8.74. The molecule has 1 heterocycles. The fourth-order valence-electron chi connectivity index (χ4n) is 3.00. The van der Waals surface area contributed by atoms with Gasteiger partial charge in [0.1, 0.15) is 0 Å². The van der Waals surface area contributed by atoms with E-state index < -0.39 is 0 Å². The molecule has 1 unspecified atom stereocenters. The van der Waals surface area contributed by atoms with E-state index in [0.29, 0.717) is 11.5 Å². The zero-order valence-corrected chi connectivity index (χ0v) is 11.8. The van der Waals surface area contributed by atoms with E-state index in [-0.39, 0.29) is 0 Å². The van der Waals surface area contributed by atoms with Crippen LogP contribution in [0.3, 0.4) is 0 Å². The Morgan fingerprint density at radius 3 is 2.83 bits per heavy atom. The summed E-state index contributed by atoms with van der Waals surface area (Å²) in [4.78, 5) is 4.47. The summed E-state index contributed by atoms with van der Waals surface area (Å²) in [7, 11) is 0. The van der Waals surface area contributed by atoms with Crippen molar-refractivity contribution in [3.05, 3.63) is 0 Å². The number of nitrogens with one attached hydrogen (secondary N) is 2. The molecule has 1 saturated carbocycles. The number of nitrogens with zero attached hydrogens (tertiary/aromatic N) is 1. The number of guanidine groups is 1. The molecule has 2 N–H and O–H groups in total. The molecule has 4 heteroatoms. The van der Waals surface area contributed by atoms with E-state index in [0.717, 1.165) is 32.3 Å². The summed E-state index contributed by atoms with van der Waals surface area (Å²) < 4.78 is 5.54. The third-order valence-electron chi connectivity index (χ3n) is 4.18. The van der Waals surface area contributed by atoms with Crippen LogP contribution in [-0.4, -0.2) is 38.3 Å². The molecule has 1 aliphatic carbocycles. The van der Waals surface area contributed by atoms with Gasteiger partial charge in [0.25, 0.3) is 0 Å². The van der Waals surface area contributed by atoms with Crippen molar-refractivity contribution < 1.29 is 4.74 Å². The summed E-state index contributed by atoms with van der Waals surface area (Å²) in [6.45, 7) is 7.90. The zero-order valence-electron chi connectivity index (χ0n) is 11.8. The van der Waals surface area contributed by atoms with Gasteiger partial charge >= 0.3 is 0 Å². The average Bonchev–Trinajstić information content (AvgIpc) is 2.97. The maximum atomic E-state index is 5.54. The molecule has 0 aromatic carbocycles. The van der Waals surface area contributed by atoms with Crippen LogP contribution in [0.4, 0.5) is 0 Å². The van der Waals surface area contributed by atoms with Gasteiger partial charge in [0.05, 0.1) is 6.54 Å². The van der Waals surface area contributed by atoms with Gasteiger partial charge < -0.3 is 15.4 Å². The molecule has 0 radical (unpaired) electrons. The van der Waals surface area contributed by atoms with Crippen LogP contribution in [0, 0.1) is 5.41 Å². The highest BCUT2D eigenvalue weighted by molar-refractivity contribution is 5.81. The Bertz CT molecular complexity index is 285. The third-order valence-corrected chi connectivity index (χ3v) is 4.18. The molecular formula is C14H27N3O. The fourth-order valence-corrected chi connectivity index (χ4v) is 3.00. The van der Waals surface area contributed by atoms with Crippen molar-refractivity contribution in [3.8, 4) is 0 Å². The summed E-state index contributed by atoms with van der Waals surface area (Å²) in [5, 5.41) is 6.87. The molecule has 1 fully saturated rings. The highest BCUT2D eigenvalue weighted by Crippen LogP contribution is 2.40. The maximum absolute atomic E-state index is 5.54. The van der Waals surface area contributed by atoms with Gasteiger partial charge in [0.15, 0.2) is 5.96 Å². The number of hydrogen-bond donors (Lipinski definition) is 2. The highest BCUT2D eigenvalue weighted by atomic mass is 16.5. The Morgan fingerprint density at radius 1 is 1.44 bits per heavy atom. The predicted molar refractivity (Wildman–Crippen MR) is 74.9 cm³/mol. The normalized spacial score (nSPS) is 25.9. The lowest BCUT2D eigenvalue weighted by Crippen LogP contribution is -2.43. The van der Waals surface area contributed by atoms with Crippen LogP contribution >= 0.6 is 0 Å². The van der Waals surface area contributed by atoms with E-state index in [1.807, 2.05) is 0 Å². The van der Waals surface area contributed by atoms with E-state index in [2.05, 4.69) is 29.5 Å². The van der Waals surface area contributed by atoms with E-state index in [9.17, 15) is 0 Å². The second kappa shape index (κ2) is 6.41. The van der Waals surface area contributed by atoms with Crippen molar-refractivity contribution in [2.75, 3.05) is 26.3 Å². The van der Waals surface area contributed by atoms with E-state index in [1.54, 1.807) is 0 Å². The Hall–Kier alpha value is -0.770. The van der Waals surface area contributed by atoms with Crippen LogP contribution in [0.25, 0.3) is 0 Å². The van der Waals surface area contributed by atoms with Gasteiger partial charge in [0, 0.05) is 25.8 Å². The second-order valence-electron chi connectivity index (χ2n) is 5.74. The first kappa shape index (κ1) is 13.7. The van der Waals surface area contributed by atoms with Crippen LogP contribution < -0.4 is 10.6 Å². The highest BCUT2D eigenvalue weighted by Gasteiger charge is 2.33. The average molecular weight is 253 g/mol. The van der Waals surface area contributed by atoms with Gasteiger partial charge in [-0.3, -0.25) is 4.99 Å². The van der Waals surface area contributed by atoms with Gasteiger partial charge in [-0.15, -0.1) is 0 Å². The van der Waals surface area contributed by atoms with Crippen LogP contribution in [0.2, 0.25) is 0 Å². The minimum atomic E-state index is 0.436. The smallest absolute Gasteiger partial charge is 0.191 e. The molecule has 0 amide bonds. The molecule has 104 valence electrons. The molecule has 0 aromatic heterocycles. The van der Waals surface area contributed by atoms with Crippen molar-refractivity contribution >= 4 is 5.96 Å². The van der Waals surface area contributed by atoms with Crippen LogP contribution in [-0.2, 0) is 4.74 Å². The number of hydrogen-bond acceptors (Lipinski definition) is 4. The van der Waals surface area contributed by atoms with Crippen molar-refractivity contribution in [3.63, 3.8) is 0 Å². The summed E-state index contributed by atoms with van der Waals surface area (Å²) >= 11 is 0. The second-order valence-corrected chi connectivity index (χ2v) is 5.74. The van der Waals surface area contributed by atoms with E-state index in [1.165, 1.54) is 32.1 Å². The van der Waals surface area contributed by atoms with E-state index >= 15 is 0 Å². The van der Waals surface area contributed by atoms with Crippen molar-refractivity contribution in [1.29, 1.82) is 0 Å². The van der Waals surface area contributed by atoms with Crippen molar-refractivity contribution in [1.82, 2.24) is 10.6 Å². The lowest BCUT2D eigenvalue weighted by atomic mass is 9.83. The standard InChI is InChI=1S/C14H27N3O/c1-3-18-9-8-14(6-4-5-7-14)11-16-13-15-10-12(2)17-13/h12H,3-11H2,1-2H3,(H2,15,16,17). The SMILES string of the molecule is CCOCCC1(CNC2=NCC(C)N2)CCCC1. The molecule has 1 aliphatic heterocycles. The molecule has 2 rings (SSSR count). The lowest BCUT2D eigenvalue weighted by molar-refractivity contribution is 0.105. The quantitative estimate of drug-likeness (QED) is 0.711. The Morgan fingerprint density at radius 2 is 2.22 bits per heavy atom. The minimum Gasteiger partial charge on any atom is -0.382 e.